The molecule has 2 amide bonds. The van der Waals surface area contributed by atoms with Crippen molar-refractivity contribution in [3.63, 3.8) is 0 Å². The Morgan fingerprint density at radius 1 is 0.917 bits per heavy atom. The van der Waals surface area contributed by atoms with Gasteiger partial charge in [0.1, 0.15) is 0 Å². The van der Waals surface area contributed by atoms with E-state index in [-0.39, 0.29) is 11.9 Å². The molecule has 2 N–H and O–H groups in total. The third-order valence-corrected chi connectivity index (χ3v) is 5.03. The van der Waals surface area contributed by atoms with Gasteiger partial charge in [-0.2, -0.15) is 0 Å². The molecular weight excluding hydrogens is 300 g/mol. The molecule has 4 rings (SSSR count). The Morgan fingerprint density at radius 2 is 1.58 bits per heavy atom. The second kappa shape index (κ2) is 5.78. The van der Waals surface area contributed by atoms with Crippen LogP contribution >= 0.6 is 0 Å². The zero-order chi connectivity index (χ0) is 16.7. The number of aryl methyl sites for hydroxylation is 1. The molecule has 4 nitrogen and oxygen atoms in total. The summed E-state index contributed by atoms with van der Waals surface area (Å²) in [5.74, 6) is -0.423. The van der Waals surface area contributed by atoms with Crippen LogP contribution in [0.4, 0.5) is 0 Å². The highest BCUT2D eigenvalue weighted by Gasteiger charge is 2.40. The van der Waals surface area contributed by atoms with E-state index in [9.17, 15) is 9.59 Å². The summed E-state index contributed by atoms with van der Waals surface area (Å²) >= 11 is 0. The SMILES string of the molecule is NC(=O)c1ccc(C(=O)N(C2CC2)C2CCc3ccccc32)cc1. The second-order valence-electron chi connectivity index (χ2n) is 6.64. The first-order chi connectivity index (χ1) is 11.6. The number of benzene rings is 2. The smallest absolute Gasteiger partial charge is 0.254 e. The van der Waals surface area contributed by atoms with Gasteiger partial charge >= 0.3 is 0 Å². The molecule has 4 heteroatoms. The Hall–Kier alpha value is -2.62. The molecular formula is C20H20N2O2. The van der Waals surface area contributed by atoms with E-state index in [2.05, 4.69) is 23.1 Å². The fourth-order valence-corrected chi connectivity index (χ4v) is 3.66. The number of hydrogen-bond acceptors (Lipinski definition) is 2. The number of primary amides is 1. The lowest BCUT2D eigenvalue weighted by atomic mass is 10.0. The molecule has 2 aromatic rings. The van der Waals surface area contributed by atoms with E-state index in [0.29, 0.717) is 17.2 Å². The lowest BCUT2D eigenvalue weighted by Gasteiger charge is -2.30. The Labute approximate surface area is 141 Å². The molecule has 1 saturated carbocycles. The van der Waals surface area contributed by atoms with Gasteiger partial charge in [0, 0.05) is 17.2 Å². The number of rotatable bonds is 4. The number of carbonyl (C=O) groups is 2. The van der Waals surface area contributed by atoms with Gasteiger partial charge in [-0.05, 0) is 61.1 Å². The minimum Gasteiger partial charge on any atom is -0.366 e. The summed E-state index contributed by atoms with van der Waals surface area (Å²) in [6.45, 7) is 0. The summed E-state index contributed by atoms with van der Waals surface area (Å²) < 4.78 is 0. The van der Waals surface area contributed by atoms with E-state index < -0.39 is 5.91 Å². The number of fused-ring (bicyclic) bond motifs is 1. The molecule has 1 atom stereocenters. The van der Waals surface area contributed by atoms with Crippen LogP contribution in [-0.4, -0.2) is 22.8 Å². The van der Waals surface area contributed by atoms with Gasteiger partial charge in [-0.1, -0.05) is 24.3 Å². The van der Waals surface area contributed by atoms with Crippen molar-refractivity contribution in [2.24, 2.45) is 5.73 Å². The van der Waals surface area contributed by atoms with E-state index in [1.165, 1.54) is 11.1 Å². The van der Waals surface area contributed by atoms with Crippen molar-refractivity contribution in [1.82, 2.24) is 4.90 Å². The number of hydrogen-bond donors (Lipinski definition) is 1. The van der Waals surface area contributed by atoms with Gasteiger partial charge in [0.2, 0.25) is 5.91 Å². The number of carbonyl (C=O) groups excluding carboxylic acids is 2. The van der Waals surface area contributed by atoms with Crippen LogP contribution in [0, 0.1) is 0 Å². The van der Waals surface area contributed by atoms with Crippen LogP contribution in [-0.2, 0) is 6.42 Å². The Kier molecular flexibility index (Phi) is 3.60. The van der Waals surface area contributed by atoms with Crippen molar-refractivity contribution in [3.05, 3.63) is 70.8 Å². The van der Waals surface area contributed by atoms with Crippen molar-refractivity contribution in [3.8, 4) is 0 Å². The first-order valence-electron chi connectivity index (χ1n) is 8.45. The maximum absolute atomic E-state index is 13.1. The summed E-state index contributed by atoms with van der Waals surface area (Å²) in [6.07, 6.45) is 4.16. The van der Waals surface area contributed by atoms with Crippen molar-refractivity contribution < 1.29 is 9.59 Å². The predicted octanol–water partition coefficient (Wildman–Crippen LogP) is 3.08. The maximum atomic E-state index is 13.1. The van der Waals surface area contributed by atoms with Crippen molar-refractivity contribution in [1.29, 1.82) is 0 Å². The van der Waals surface area contributed by atoms with Crippen molar-refractivity contribution >= 4 is 11.8 Å². The average molecular weight is 320 g/mol. The topological polar surface area (TPSA) is 63.4 Å². The quantitative estimate of drug-likeness (QED) is 0.941. The van der Waals surface area contributed by atoms with Crippen LogP contribution in [0.5, 0.6) is 0 Å². The van der Waals surface area contributed by atoms with E-state index in [0.717, 1.165) is 25.7 Å². The average Bonchev–Trinajstić information content (AvgIpc) is 3.35. The molecule has 2 aliphatic rings. The largest absolute Gasteiger partial charge is 0.366 e. The Bertz CT molecular complexity index is 794. The summed E-state index contributed by atoms with van der Waals surface area (Å²) in [7, 11) is 0. The molecule has 0 heterocycles. The van der Waals surface area contributed by atoms with Gasteiger partial charge in [-0.3, -0.25) is 9.59 Å². The summed E-state index contributed by atoms with van der Waals surface area (Å²) in [4.78, 5) is 26.4. The van der Waals surface area contributed by atoms with E-state index >= 15 is 0 Å². The molecule has 24 heavy (non-hydrogen) atoms. The zero-order valence-electron chi connectivity index (χ0n) is 13.4. The summed E-state index contributed by atoms with van der Waals surface area (Å²) in [5.41, 5.74) is 8.96. The van der Waals surface area contributed by atoms with E-state index in [1.54, 1.807) is 24.3 Å². The predicted molar refractivity (Wildman–Crippen MR) is 91.7 cm³/mol. The minimum absolute atomic E-state index is 0.0511. The Morgan fingerprint density at radius 3 is 2.25 bits per heavy atom. The van der Waals surface area contributed by atoms with Gasteiger partial charge in [0.15, 0.2) is 0 Å². The van der Waals surface area contributed by atoms with Crippen LogP contribution in [0.1, 0.15) is 57.1 Å². The second-order valence-corrected chi connectivity index (χ2v) is 6.64. The van der Waals surface area contributed by atoms with E-state index in [4.69, 9.17) is 5.73 Å². The summed E-state index contributed by atoms with van der Waals surface area (Å²) in [5, 5.41) is 0. The Balaban J connectivity index is 1.64. The third-order valence-electron chi connectivity index (χ3n) is 5.03. The highest BCUT2D eigenvalue weighted by molar-refractivity contribution is 5.97. The van der Waals surface area contributed by atoms with Gasteiger partial charge in [0.25, 0.3) is 5.91 Å². The van der Waals surface area contributed by atoms with Crippen LogP contribution < -0.4 is 5.73 Å². The molecule has 0 aliphatic heterocycles. The summed E-state index contributed by atoms with van der Waals surface area (Å²) in [6, 6.07) is 15.6. The van der Waals surface area contributed by atoms with Crippen LogP contribution in [0.15, 0.2) is 48.5 Å². The van der Waals surface area contributed by atoms with Crippen LogP contribution in [0.3, 0.4) is 0 Å². The van der Waals surface area contributed by atoms with Crippen molar-refractivity contribution in [2.45, 2.75) is 37.8 Å². The van der Waals surface area contributed by atoms with Crippen LogP contribution in [0.25, 0.3) is 0 Å². The van der Waals surface area contributed by atoms with Crippen LogP contribution in [0.2, 0.25) is 0 Å². The molecule has 0 spiro atoms. The molecule has 2 aromatic carbocycles. The number of nitrogens with zero attached hydrogens (tertiary/aromatic N) is 1. The molecule has 2 aliphatic carbocycles. The molecule has 0 aromatic heterocycles. The zero-order valence-corrected chi connectivity index (χ0v) is 13.4. The third kappa shape index (κ3) is 2.58. The molecule has 0 bridgehead atoms. The lowest BCUT2D eigenvalue weighted by molar-refractivity contribution is 0.0657. The van der Waals surface area contributed by atoms with Gasteiger partial charge in [-0.15, -0.1) is 0 Å². The van der Waals surface area contributed by atoms with Gasteiger partial charge in [0.05, 0.1) is 6.04 Å². The fraction of sp³-hybridized carbons (Fsp3) is 0.300. The molecule has 1 unspecified atom stereocenters. The minimum atomic E-state index is -0.474. The number of nitrogens with two attached hydrogens (primary N) is 1. The van der Waals surface area contributed by atoms with Gasteiger partial charge < -0.3 is 10.6 Å². The molecule has 1 fully saturated rings. The molecule has 122 valence electrons. The monoisotopic (exact) mass is 320 g/mol. The first kappa shape index (κ1) is 14.9. The van der Waals surface area contributed by atoms with E-state index in [1.807, 2.05) is 6.07 Å². The first-order valence-corrected chi connectivity index (χ1v) is 8.45. The lowest BCUT2D eigenvalue weighted by Crippen LogP contribution is -2.36. The van der Waals surface area contributed by atoms with Gasteiger partial charge in [-0.25, -0.2) is 0 Å². The molecule has 0 radical (unpaired) electrons. The highest BCUT2D eigenvalue weighted by atomic mass is 16.2. The fourth-order valence-electron chi connectivity index (χ4n) is 3.66. The normalized spacial score (nSPS) is 18.9. The molecule has 0 saturated heterocycles. The highest BCUT2D eigenvalue weighted by Crippen LogP contribution is 2.42. The maximum Gasteiger partial charge on any atom is 0.254 e. The number of amides is 2. The standard InChI is InChI=1S/C20H20N2O2/c21-19(23)14-5-7-15(8-6-14)20(24)22(16-10-11-16)18-12-9-13-3-1-2-4-17(13)18/h1-8,16,18H,9-12H2,(H2,21,23). The van der Waals surface area contributed by atoms with Crippen molar-refractivity contribution in [2.75, 3.05) is 0 Å².